The van der Waals surface area contributed by atoms with Crippen LogP contribution in [-0.4, -0.2) is 82.9 Å². The number of hydrogen-bond acceptors (Lipinski definition) is 5. The Labute approximate surface area is 165 Å². The number of carbonyl (C=O) groups excluding carboxylic acids is 3. The molecule has 3 N–H and O–H groups in total. The van der Waals surface area contributed by atoms with Crippen LogP contribution in [-0.2, 0) is 19.2 Å². The van der Waals surface area contributed by atoms with Crippen LogP contribution in [0.2, 0.25) is 0 Å². The first kappa shape index (κ1) is 22.1. The summed E-state index contributed by atoms with van der Waals surface area (Å²) in [5, 5.41) is 15.3. The molecule has 0 aromatic heterocycles. The summed E-state index contributed by atoms with van der Waals surface area (Å²) >= 11 is 0. The second-order valence-corrected chi connectivity index (χ2v) is 8.81. The molecule has 3 amide bonds. The highest BCUT2D eigenvalue weighted by atomic mass is 16.4. The minimum atomic E-state index is -1.02. The third-order valence-electron chi connectivity index (χ3n) is 5.86. The zero-order valence-corrected chi connectivity index (χ0v) is 17.5. The largest absolute Gasteiger partial charge is 0.481 e. The Bertz CT molecular complexity index is 659. The average Bonchev–Trinajstić information content (AvgIpc) is 3.16. The van der Waals surface area contributed by atoms with Crippen molar-refractivity contribution < 1.29 is 24.3 Å². The number of rotatable bonds is 5. The van der Waals surface area contributed by atoms with Crippen molar-refractivity contribution in [3.63, 3.8) is 0 Å². The fourth-order valence-electron chi connectivity index (χ4n) is 4.14. The molecular formula is C19H32N4O5. The average molecular weight is 396 g/mol. The highest BCUT2D eigenvalue weighted by Gasteiger charge is 2.55. The van der Waals surface area contributed by atoms with Gasteiger partial charge < -0.3 is 25.5 Å². The Morgan fingerprint density at radius 2 is 1.75 bits per heavy atom. The highest BCUT2D eigenvalue weighted by Crippen LogP contribution is 2.37. The van der Waals surface area contributed by atoms with Gasteiger partial charge in [-0.1, -0.05) is 20.8 Å². The quantitative estimate of drug-likeness (QED) is 0.585. The molecule has 2 aliphatic heterocycles. The molecule has 0 aliphatic carbocycles. The summed E-state index contributed by atoms with van der Waals surface area (Å²) in [5.74, 6) is -2.62. The molecule has 9 nitrogen and oxygen atoms in total. The van der Waals surface area contributed by atoms with Gasteiger partial charge in [0.25, 0.3) is 0 Å². The molecule has 0 aromatic rings. The van der Waals surface area contributed by atoms with Gasteiger partial charge in [0.2, 0.25) is 17.7 Å². The van der Waals surface area contributed by atoms with Crippen molar-refractivity contribution in [1.82, 2.24) is 20.4 Å². The minimum absolute atomic E-state index is 0.104. The topological polar surface area (TPSA) is 119 Å². The van der Waals surface area contributed by atoms with Crippen LogP contribution in [0.25, 0.3) is 0 Å². The second-order valence-electron chi connectivity index (χ2n) is 8.81. The van der Waals surface area contributed by atoms with Crippen molar-refractivity contribution in [1.29, 1.82) is 0 Å². The van der Waals surface area contributed by atoms with Gasteiger partial charge in [0.15, 0.2) is 0 Å². The van der Waals surface area contributed by atoms with Crippen LogP contribution < -0.4 is 10.6 Å². The molecule has 2 fully saturated rings. The van der Waals surface area contributed by atoms with Crippen LogP contribution in [0.3, 0.4) is 0 Å². The first-order valence-corrected chi connectivity index (χ1v) is 9.68. The van der Waals surface area contributed by atoms with Gasteiger partial charge in [-0.25, -0.2) is 0 Å². The lowest BCUT2D eigenvalue weighted by Gasteiger charge is -2.36. The Hall–Kier alpha value is -2.16. The van der Waals surface area contributed by atoms with Gasteiger partial charge in [-0.3, -0.25) is 19.2 Å². The van der Waals surface area contributed by atoms with Crippen molar-refractivity contribution in [2.24, 2.45) is 11.3 Å². The third kappa shape index (κ3) is 4.14. The number of hydrogen-bond donors (Lipinski definition) is 3. The number of carbonyl (C=O) groups is 4. The number of likely N-dealkylation sites (tertiary alicyclic amines) is 2. The summed E-state index contributed by atoms with van der Waals surface area (Å²) in [6.45, 7) is 9.17. The van der Waals surface area contributed by atoms with E-state index in [4.69, 9.17) is 0 Å². The van der Waals surface area contributed by atoms with Gasteiger partial charge in [-0.15, -0.1) is 0 Å². The lowest BCUT2D eigenvalue weighted by molar-refractivity contribution is -0.146. The summed E-state index contributed by atoms with van der Waals surface area (Å²) in [5.41, 5.74) is -0.560. The predicted molar refractivity (Wildman–Crippen MR) is 102 cm³/mol. The Kier molecular flexibility index (Phi) is 6.37. The molecule has 2 rings (SSSR count). The number of fused-ring (bicyclic) bond motifs is 1. The maximum absolute atomic E-state index is 13.4. The van der Waals surface area contributed by atoms with Crippen molar-refractivity contribution in [2.45, 2.75) is 65.2 Å². The summed E-state index contributed by atoms with van der Waals surface area (Å²) in [4.78, 5) is 52.7. The number of carboxylic acid groups (broad SMARTS) is 1. The van der Waals surface area contributed by atoms with E-state index in [0.29, 0.717) is 13.0 Å². The monoisotopic (exact) mass is 396 g/mol. The third-order valence-corrected chi connectivity index (χ3v) is 5.86. The molecule has 0 radical (unpaired) electrons. The molecule has 5 atom stereocenters. The van der Waals surface area contributed by atoms with Crippen LogP contribution in [0.15, 0.2) is 0 Å². The fourth-order valence-corrected chi connectivity index (χ4v) is 4.14. The van der Waals surface area contributed by atoms with E-state index in [9.17, 15) is 24.3 Å². The zero-order chi connectivity index (χ0) is 21.4. The first-order valence-electron chi connectivity index (χ1n) is 9.68. The maximum Gasteiger partial charge on any atom is 0.310 e. The van der Waals surface area contributed by atoms with E-state index < -0.39 is 35.4 Å². The van der Waals surface area contributed by atoms with E-state index in [1.807, 2.05) is 20.8 Å². The maximum atomic E-state index is 13.4. The number of amides is 3. The van der Waals surface area contributed by atoms with Gasteiger partial charge in [0, 0.05) is 20.0 Å². The number of likely N-dealkylation sites (N-methyl/N-ethyl adjacent to an activating group) is 1. The van der Waals surface area contributed by atoms with E-state index in [2.05, 4.69) is 10.6 Å². The number of nitrogens with zero attached hydrogens (tertiary/aromatic N) is 2. The van der Waals surface area contributed by atoms with E-state index in [1.54, 1.807) is 23.8 Å². The van der Waals surface area contributed by atoms with Gasteiger partial charge >= 0.3 is 5.97 Å². The molecule has 5 unspecified atom stereocenters. The smallest absolute Gasteiger partial charge is 0.310 e. The standard InChI is InChI=1S/C19H32N4O5/c1-10(20-6)16(25)21-15(19(3,4)5)17(26)22-8-7-13-14(22)12(18(27)28)9-23(13)11(2)24/h10,12-15,20H,7-9H2,1-6H3,(H,21,25)(H,27,28). The molecule has 9 heteroatoms. The summed E-state index contributed by atoms with van der Waals surface area (Å²) in [6.07, 6.45) is 0.539. The normalized spacial score (nSPS) is 26.6. The summed E-state index contributed by atoms with van der Waals surface area (Å²) < 4.78 is 0. The van der Waals surface area contributed by atoms with Crippen molar-refractivity contribution in [2.75, 3.05) is 20.1 Å². The Morgan fingerprint density at radius 3 is 2.21 bits per heavy atom. The van der Waals surface area contributed by atoms with Crippen LogP contribution in [0.1, 0.15) is 41.0 Å². The van der Waals surface area contributed by atoms with Crippen LogP contribution in [0, 0.1) is 11.3 Å². The van der Waals surface area contributed by atoms with Crippen LogP contribution in [0.4, 0.5) is 0 Å². The van der Waals surface area contributed by atoms with Gasteiger partial charge in [0.1, 0.15) is 6.04 Å². The molecule has 0 spiro atoms. The summed E-state index contributed by atoms with van der Waals surface area (Å²) in [7, 11) is 1.66. The Balaban J connectivity index is 2.30. The fraction of sp³-hybridized carbons (Fsp3) is 0.789. The molecule has 0 aromatic carbocycles. The first-order chi connectivity index (χ1) is 12.9. The highest BCUT2D eigenvalue weighted by molar-refractivity contribution is 5.91. The van der Waals surface area contributed by atoms with E-state index in [-0.39, 0.29) is 30.3 Å². The lowest BCUT2D eigenvalue weighted by atomic mass is 9.85. The van der Waals surface area contributed by atoms with Crippen LogP contribution in [0.5, 0.6) is 0 Å². The minimum Gasteiger partial charge on any atom is -0.481 e. The summed E-state index contributed by atoms with van der Waals surface area (Å²) in [6, 6.07) is -2.13. The van der Waals surface area contributed by atoms with E-state index >= 15 is 0 Å². The number of nitrogens with one attached hydrogen (secondary N) is 2. The SMILES string of the molecule is CNC(C)C(=O)NC(C(=O)N1CCC2C1C(C(=O)O)CN2C(C)=O)C(C)(C)C. The second kappa shape index (κ2) is 8.06. The molecule has 2 aliphatic rings. The lowest BCUT2D eigenvalue weighted by Crippen LogP contribution is -2.59. The number of carboxylic acids is 1. The van der Waals surface area contributed by atoms with Crippen LogP contribution >= 0.6 is 0 Å². The van der Waals surface area contributed by atoms with Gasteiger partial charge in [-0.2, -0.15) is 0 Å². The van der Waals surface area contributed by atoms with Gasteiger partial charge in [0.05, 0.1) is 24.0 Å². The van der Waals surface area contributed by atoms with Crippen molar-refractivity contribution in [3.8, 4) is 0 Å². The van der Waals surface area contributed by atoms with Crippen molar-refractivity contribution >= 4 is 23.7 Å². The molecule has 2 saturated heterocycles. The zero-order valence-electron chi connectivity index (χ0n) is 17.5. The van der Waals surface area contributed by atoms with E-state index in [1.165, 1.54) is 6.92 Å². The van der Waals surface area contributed by atoms with E-state index in [0.717, 1.165) is 0 Å². The van der Waals surface area contributed by atoms with Crippen molar-refractivity contribution in [3.05, 3.63) is 0 Å². The molecular weight excluding hydrogens is 364 g/mol. The predicted octanol–water partition coefficient (Wildman–Crippen LogP) is -0.342. The molecule has 0 saturated carbocycles. The molecule has 28 heavy (non-hydrogen) atoms. The molecule has 0 bridgehead atoms. The Morgan fingerprint density at radius 1 is 1.14 bits per heavy atom. The molecule has 158 valence electrons. The molecule has 2 heterocycles. The van der Waals surface area contributed by atoms with Gasteiger partial charge in [-0.05, 0) is 25.8 Å². The number of aliphatic carboxylic acids is 1.